The molecule has 8 heteroatoms. The van der Waals surface area contributed by atoms with E-state index < -0.39 is 29.3 Å². The second-order valence-corrected chi connectivity index (χ2v) is 3.61. The van der Waals surface area contributed by atoms with Gasteiger partial charge >= 0.3 is 12.1 Å². The summed E-state index contributed by atoms with van der Waals surface area (Å²) in [6.45, 7) is -0.210. The number of fused-ring (bicyclic) bond motifs is 1. The van der Waals surface area contributed by atoms with E-state index in [1.807, 2.05) is 0 Å². The lowest BCUT2D eigenvalue weighted by atomic mass is 9.99. The molecule has 3 N–H and O–H groups in total. The van der Waals surface area contributed by atoms with Crippen molar-refractivity contribution in [1.82, 2.24) is 0 Å². The molecular formula is C10H8F3NO4. The summed E-state index contributed by atoms with van der Waals surface area (Å²) in [4.78, 5) is 10.7. The second kappa shape index (κ2) is 4.05. The highest BCUT2D eigenvalue weighted by molar-refractivity contribution is 5.76. The van der Waals surface area contributed by atoms with Crippen LogP contribution >= 0.6 is 0 Å². The number of ether oxygens (including phenoxy) is 2. The Morgan fingerprint density at radius 3 is 2.39 bits per heavy atom. The van der Waals surface area contributed by atoms with Crippen LogP contribution in [0.4, 0.5) is 13.2 Å². The number of carboxylic acid groups (broad SMARTS) is 1. The molecule has 0 spiro atoms. The number of benzene rings is 1. The van der Waals surface area contributed by atoms with E-state index in [-0.39, 0.29) is 18.3 Å². The third-order valence-electron chi connectivity index (χ3n) is 2.45. The Morgan fingerprint density at radius 1 is 1.33 bits per heavy atom. The number of halogens is 3. The first-order valence-electron chi connectivity index (χ1n) is 4.80. The van der Waals surface area contributed by atoms with Crippen LogP contribution < -0.4 is 15.2 Å². The van der Waals surface area contributed by atoms with Crippen LogP contribution in [0.15, 0.2) is 12.1 Å². The molecule has 1 unspecified atom stereocenters. The monoisotopic (exact) mass is 263 g/mol. The standard InChI is InChI=1S/C10H8F3NO4/c11-10(12,13)5-2-7-6(17-3-18-7)1-4(5)8(14)9(15)16/h1-2,8H,3,14H2,(H,15,16). The molecule has 0 bridgehead atoms. The van der Waals surface area contributed by atoms with Gasteiger partial charge in [-0.15, -0.1) is 0 Å². The summed E-state index contributed by atoms with van der Waals surface area (Å²) in [5, 5.41) is 8.71. The van der Waals surface area contributed by atoms with E-state index in [2.05, 4.69) is 0 Å². The van der Waals surface area contributed by atoms with Crippen LogP contribution in [0, 0.1) is 0 Å². The lowest BCUT2D eigenvalue weighted by molar-refractivity contribution is -0.141. The van der Waals surface area contributed by atoms with Gasteiger partial charge < -0.3 is 20.3 Å². The number of nitrogens with two attached hydrogens (primary N) is 1. The van der Waals surface area contributed by atoms with E-state index in [9.17, 15) is 18.0 Å². The highest BCUT2D eigenvalue weighted by atomic mass is 19.4. The predicted molar refractivity (Wildman–Crippen MR) is 52.1 cm³/mol. The number of alkyl halides is 3. The molecule has 1 aliphatic rings. The first-order valence-corrected chi connectivity index (χ1v) is 4.80. The van der Waals surface area contributed by atoms with Crippen molar-refractivity contribution >= 4 is 5.97 Å². The average Bonchev–Trinajstić information content (AvgIpc) is 2.71. The van der Waals surface area contributed by atoms with E-state index in [0.717, 1.165) is 6.07 Å². The van der Waals surface area contributed by atoms with Crippen LogP contribution in [0.5, 0.6) is 11.5 Å². The molecule has 1 aromatic carbocycles. The number of rotatable bonds is 2. The molecule has 1 atom stereocenters. The second-order valence-electron chi connectivity index (χ2n) is 3.61. The summed E-state index contributed by atoms with van der Waals surface area (Å²) >= 11 is 0. The van der Waals surface area contributed by atoms with Crippen LogP contribution in [0.25, 0.3) is 0 Å². The molecule has 0 saturated carbocycles. The van der Waals surface area contributed by atoms with Gasteiger partial charge in [0.2, 0.25) is 6.79 Å². The molecule has 0 saturated heterocycles. The summed E-state index contributed by atoms with van der Waals surface area (Å²) in [6, 6.07) is -0.138. The van der Waals surface area contributed by atoms with Gasteiger partial charge in [0, 0.05) is 0 Å². The summed E-state index contributed by atoms with van der Waals surface area (Å²) in [5.74, 6) is -1.59. The van der Waals surface area contributed by atoms with Gasteiger partial charge in [-0.3, -0.25) is 4.79 Å². The van der Waals surface area contributed by atoms with Gasteiger partial charge in [0.1, 0.15) is 6.04 Å². The zero-order chi connectivity index (χ0) is 13.5. The zero-order valence-corrected chi connectivity index (χ0v) is 8.82. The maximum absolute atomic E-state index is 12.8. The molecule has 1 aliphatic heterocycles. The average molecular weight is 263 g/mol. The van der Waals surface area contributed by atoms with E-state index >= 15 is 0 Å². The highest BCUT2D eigenvalue weighted by Gasteiger charge is 2.38. The van der Waals surface area contributed by atoms with Crippen molar-refractivity contribution in [3.05, 3.63) is 23.3 Å². The molecule has 0 aliphatic carbocycles. The molecule has 2 rings (SSSR count). The maximum atomic E-state index is 12.8. The number of carbonyl (C=O) groups is 1. The molecule has 0 fully saturated rings. The van der Waals surface area contributed by atoms with Crippen molar-refractivity contribution in [1.29, 1.82) is 0 Å². The Morgan fingerprint density at radius 2 is 1.89 bits per heavy atom. The molecule has 0 amide bonds. The van der Waals surface area contributed by atoms with E-state index in [4.69, 9.17) is 20.3 Å². The lowest BCUT2D eigenvalue weighted by Gasteiger charge is -2.16. The molecule has 1 aromatic rings. The largest absolute Gasteiger partial charge is 0.480 e. The number of carboxylic acids is 1. The van der Waals surface area contributed by atoms with E-state index in [0.29, 0.717) is 6.07 Å². The van der Waals surface area contributed by atoms with Crippen LogP contribution in [0.2, 0.25) is 0 Å². The van der Waals surface area contributed by atoms with Crippen molar-refractivity contribution in [2.75, 3.05) is 6.79 Å². The molecule has 1 heterocycles. The van der Waals surface area contributed by atoms with Crippen LogP contribution in [0.1, 0.15) is 17.2 Å². The minimum absolute atomic E-state index is 0.0506. The van der Waals surface area contributed by atoms with Gasteiger partial charge in [0.05, 0.1) is 5.56 Å². The fourth-order valence-corrected chi connectivity index (χ4v) is 1.59. The van der Waals surface area contributed by atoms with Crippen molar-refractivity contribution in [3.63, 3.8) is 0 Å². The quantitative estimate of drug-likeness (QED) is 0.845. The third-order valence-corrected chi connectivity index (χ3v) is 2.45. The third kappa shape index (κ3) is 2.06. The predicted octanol–water partition coefficient (Wildman–Crippen LogP) is 1.52. The Balaban J connectivity index is 2.59. The minimum Gasteiger partial charge on any atom is -0.480 e. The summed E-state index contributed by atoms with van der Waals surface area (Å²) in [5.41, 5.74) is 3.54. The van der Waals surface area contributed by atoms with Crippen molar-refractivity contribution in [2.24, 2.45) is 5.73 Å². The van der Waals surface area contributed by atoms with Crippen LogP contribution in [0.3, 0.4) is 0 Å². The van der Waals surface area contributed by atoms with Crippen molar-refractivity contribution in [2.45, 2.75) is 12.2 Å². The molecule has 98 valence electrons. The highest BCUT2D eigenvalue weighted by Crippen LogP contribution is 2.42. The van der Waals surface area contributed by atoms with E-state index in [1.165, 1.54) is 0 Å². The molecule has 0 aromatic heterocycles. The van der Waals surface area contributed by atoms with Gasteiger partial charge in [-0.1, -0.05) is 0 Å². The topological polar surface area (TPSA) is 81.8 Å². The van der Waals surface area contributed by atoms with Crippen molar-refractivity contribution < 1.29 is 32.5 Å². The number of aliphatic carboxylic acids is 1. The maximum Gasteiger partial charge on any atom is 0.416 e. The Labute approximate surface area is 98.9 Å². The fraction of sp³-hybridized carbons (Fsp3) is 0.300. The molecule has 0 radical (unpaired) electrons. The van der Waals surface area contributed by atoms with Crippen molar-refractivity contribution in [3.8, 4) is 11.5 Å². The number of hydrogen-bond donors (Lipinski definition) is 2. The minimum atomic E-state index is -4.72. The zero-order valence-electron chi connectivity index (χ0n) is 8.82. The van der Waals surface area contributed by atoms with Gasteiger partial charge in [-0.2, -0.15) is 13.2 Å². The summed E-state index contributed by atoms with van der Waals surface area (Å²) in [6.07, 6.45) is -4.72. The Hall–Kier alpha value is -1.96. The Bertz CT molecular complexity index is 501. The molecule has 18 heavy (non-hydrogen) atoms. The first-order chi connectivity index (χ1) is 8.30. The van der Waals surface area contributed by atoms with Gasteiger partial charge in [-0.25, -0.2) is 0 Å². The SMILES string of the molecule is NC(C(=O)O)c1cc2c(cc1C(F)(F)F)OCO2. The van der Waals surface area contributed by atoms with Gasteiger partial charge in [0.15, 0.2) is 11.5 Å². The fourth-order valence-electron chi connectivity index (χ4n) is 1.59. The van der Waals surface area contributed by atoms with E-state index in [1.54, 1.807) is 0 Å². The first kappa shape index (κ1) is 12.5. The Kier molecular flexibility index (Phi) is 2.81. The van der Waals surface area contributed by atoms with Gasteiger partial charge in [0.25, 0.3) is 0 Å². The lowest BCUT2D eigenvalue weighted by Crippen LogP contribution is -2.24. The smallest absolute Gasteiger partial charge is 0.416 e. The van der Waals surface area contributed by atoms with Crippen LogP contribution in [-0.4, -0.2) is 17.9 Å². The summed E-state index contributed by atoms with van der Waals surface area (Å²) < 4.78 is 48.1. The normalized spacial score (nSPS) is 15.6. The summed E-state index contributed by atoms with van der Waals surface area (Å²) in [7, 11) is 0. The van der Waals surface area contributed by atoms with Gasteiger partial charge in [-0.05, 0) is 17.7 Å². The van der Waals surface area contributed by atoms with Crippen LogP contribution in [-0.2, 0) is 11.0 Å². The number of hydrogen-bond acceptors (Lipinski definition) is 4. The molecular weight excluding hydrogens is 255 g/mol. The molecule has 5 nitrogen and oxygen atoms in total.